The van der Waals surface area contributed by atoms with Gasteiger partial charge in [-0.05, 0) is 51.8 Å². The fraction of sp³-hybridized carbons (Fsp3) is 0.471. The summed E-state index contributed by atoms with van der Waals surface area (Å²) < 4.78 is 3.14. The van der Waals surface area contributed by atoms with E-state index in [9.17, 15) is 0 Å². The second-order valence-electron chi connectivity index (χ2n) is 6.58. The maximum atomic E-state index is 4.43. The van der Waals surface area contributed by atoms with Gasteiger partial charge in [-0.15, -0.1) is 0 Å². The summed E-state index contributed by atoms with van der Waals surface area (Å²) in [6, 6.07) is 8.95. The fourth-order valence-electron chi connectivity index (χ4n) is 2.16. The van der Waals surface area contributed by atoms with Crippen LogP contribution in [0.15, 0.2) is 41.1 Å². The quantitative estimate of drug-likeness (QED) is 0.879. The predicted molar refractivity (Wildman–Crippen MR) is 91.4 cm³/mol. The highest BCUT2D eigenvalue weighted by Crippen LogP contribution is 2.14. The first kappa shape index (κ1) is 16.2. The number of halogens is 1. The first-order valence-electron chi connectivity index (χ1n) is 7.36. The fourth-order valence-corrected chi connectivity index (χ4v) is 2.42. The number of hydrogen-bond acceptors (Lipinski definition) is 2. The SMILES string of the molecule is CC(Cc1ccc(Br)cc1)NCc1cnn(C(C)(C)C)c1. The molecular formula is C17H24BrN3. The number of hydrogen-bond donors (Lipinski definition) is 1. The molecule has 2 rings (SSSR count). The van der Waals surface area contributed by atoms with Crippen LogP contribution in [0.4, 0.5) is 0 Å². The van der Waals surface area contributed by atoms with Crippen molar-refractivity contribution < 1.29 is 0 Å². The molecule has 21 heavy (non-hydrogen) atoms. The molecule has 0 fully saturated rings. The largest absolute Gasteiger partial charge is 0.310 e. The van der Waals surface area contributed by atoms with E-state index in [4.69, 9.17) is 0 Å². The van der Waals surface area contributed by atoms with Crippen molar-refractivity contribution in [2.24, 2.45) is 0 Å². The molecule has 1 atom stereocenters. The summed E-state index contributed by atoms with van der Waals surface area (Å²) in [7, 11) is 0. The molecule has 0 saturated carbocycles. The van der Waals surface area contributed by atoms with Crippen molar-refractivity contribution in [2.75, 3.05) is 0 Å². The zero-order valence-corrected chi connectivity index (χ0v) is 14.8. The number of nitrogens with zero attached hydrogens (tertiary/aromatic N) is 2. The maximum absolute atomic E-state index is 4.43. The molecular weight excluding hydrogens is 326 g/mol. The van der Waals surface area contributed by atoms with Crippen LogP contribution in [0.5, 0.6) is 0 Å². The molecule has 0 amide bonds. The third kappa shape index (κ3) is 4.97. The van der Waals surface area contributed by atoms with Crippen LogP contribution < -0.4 is 5.32 Å². The Labute approximate surface area is 135 Å². The molecule has 1 aromatic carbocycles. The van der Waals surface area contributed by atoms with E-state index in [0.29, 0.717) is 6.04 Å². The van der Waals surface area contributed by atoms with E-state index < -0.39 is 0 Å². The molecule has 0 radical (unpaired) electrons. The molecule has 0 bridgehead atoms. The second kappa shape index (κ2) is 6.75. The van der Waals surface area contributed by atoms with Crippen molar-refractivity contribution >= 4 is 15.9 Å². The Kier molecular flexibility index (Phi) is 5.22. The van der Waals surface area contributed by atoms with E-state index in [1.807, 2.05) is 10.9 Å². The van der Waals surface area contributed by atoms with Gasteiger partial charge in [-0.3, -0.25) is 4.68 Å². The summed E-state index contributed by atoms with van der Waals surface area (Å²) in [5.74, 6) is 0. The lowest BCUT2D eigenvalue weighted by Crippen LogP contribution is -2.27. The summed E-state index contributed by atoms with van der Waals surface area (Å²) in [6.45, 7) is 9.55. The Morgan fingerprint density at radius 3 is 2.43 bits per heavy atom. The lowest BCUT2D eigenvalue weighted by Gasteiger charge is -2.18. The van der Waals surface area contributed by atoms with Gasteiger partial charge < -0.3 is 5.32 Å². The molecule has 0 aliphatic heterocycles. The Morgan fingerprint density at radius 2 is 1.86 bits per heavy atom. The lowest BCUT2D eigenvalue weighted by molar-refractivity contribution is 0.355. The van der Waals surface area contributed by atoms with Gasteiger partial charge in [0.25, 0.3) is 0 Å². The van der Waals surface area contributed by atoms with Crippen LogP contribution in [0, 0.1) is 0 Å². The van der Waals surface area contributed by atoms with Crippen molar-refractivity contribution in [3.63, 3.8) is 0 Å². The van der Waals surface area contributed by atoms with Gasteiger partial charge in [0.15, 0.2) is 0 Å². The molecule has 1 aromatic heterocycles. The Balaban J connectivity index is 1.85. The van der Waals surface area contributed by atoms with Crippen molar-refractivity contribution in [1.82, 2.24) is 15.1 Å². The molecule has 1 N–H and O–H groups in total. The summed E-state index contributed by atoms with van der Waals surface area (Å²) in [5.41, 5.74) is 2.62. The molecule has 3 nitrogen and oxygen atoms in total. The monoisotopic (exact) mass is 349 g/mol. The molecule has 0 spiro atoms. The van der Waals surface area contributed by atoms with Crippen LogP contribution in [0.1, 0.15) is 38.8 Å². The van der Waals surface area contributed by atoms with E-state index >= 15 is 0 Å². The second-order valence-corrected chi connectivity index (χ2v) is 7.49. The highest BCUT2D eigenvalue weighted by atomic mass is 79.9. The third-order valence-corrected chi connectivity index (χ3v) is 3.96. The Morgan fingerprint density at radius 1 is 1.19 bits per heavy atom. The Bertz CT molecular complexity index is 566. The van der Waals surface area contributed by atoms with Crippen LogP contribution in [0.3, 0.4) is 0 Å². The minimum atomic E-state index is 0.0429. The van der Waals surface area contributed by atoms with Gasteiger partial charge in [0.2, 0.25) is 0 Å². The van der Waals surface area contributed by atoms with Crippen LogP contribution in [-0.2, 0) is 18.5 Å². The molecule has 114 valence electrons. The van der Waals surface area contributed by atoms with Gasteiger partial charge in [-0.25, -0.2) is 0 Å². The summed E-state index contributed by atoms with van der Waals surface area (Å²) in [6.07, 6.45) is 5.10. The lowest BCUT2D eigenvalue weighted by atomic mass is 10.1. The van der Waals surface area contributed by atoms with Gasteiger partial charge in [-0.1, -0.05) is 28.1 Å². The average Bonchev–Trinajstić information content (AvgIpc) is 2.88. The standard InChI is InChI=1S/C17H24BrN3/c1-13(9-14-5-7-16(18)8-6-14)19-10-15-11-20-21(12-15)17(2,3)4/h5-8,11-13,19H,9-10H2,1-4H3. The number of rotatable bonds is 5. The highest BCUT2D eigenvalue weighted by molar-refractivity contribution is 9.10. The molecule has 1 heterocycles. The topological polar surface area (TPSA) is 29.9 Å². The summed E-state index contributed by atoms with van der Waals surface area (Å²) >= 11 is 3.47. The molecule has 0 aliphatic carbocycles. The third-order valence-electron chi connectivity index (χ3n) is 3.43. The maximum Gasteiger partial charge on any atom is 0.0543 e. The first-order valence-corrected chi connectivity index (χ1v) is 8.16. The average molecular weight is 350 g/mol. The minimum absolute atomic E-state index is 0.0429. The highest BCUT2D eigenvalue weighted by Gasteiger charge is 2.14. The van der Waals surface area contributed by atoms with E-state index in [-0.39, 0.29) is 5.54 Å². The minimum Gasteiger partial charge on any atom is -0.310 e. The Hall–Kier alpha value is -1.13. The molecule has 1 unspecified atom stereocenters. The number of nitrogens with one attached hydrogen (secondary N) is 1. The van der Waals surface area contributed by atoms with E-state index in [2.05, 4.69) is 84.5 Å². The molecule has 0 saturated heterocycles. The predicted octanol–water partition coefficient (Wildman–Crippen LogP) is 4.12. The van der Waals surface area contributed by atoms with E-state index in [1.165, 1.54) is 11.1 Å². The van der Waals surface area contributed by atoms with Crippen molar-refractivity contribution in [3.05, 3.63) is 52.3 Å². The number of benzene rings is 1. The van der Waals surface area contributed by atoms with Crippen LogP contribution >= 0.6 is 15.9 Å². The van der Waals surface area contributed by atoms with Gasteiger partial charge in [-0.2, -0.15) is 5.10 Å². The first-order chi connectivity index (χ1) is 9.84. The van der Waals surface area contributed by atoms with Gasteiger partial charge in [0, 0.05) is 28.8 Å². The summed E-state index contributed by atoms with van der Waals surface area (Å²) in [5, 5.41) is 7.99. The van der Waals surface area contributed by atoms with E-state index in [1.54, 1.807) is 0 Å². The normalized spacial score (nSPS) is 13.4. The zero-order valence-electron chi connectivity index (χ0n) is 13.2. The molecule has 0 aliphatic rings. The van der Waals surface area contributed by atoms with Crippen LogP contribution in [0.25, 0.3) is 0 Å². The number of aromatic nitrogens is 2. The summed E-state index contributed by atoms with van der Waals surface area (Å²) in [4.78, 5) is 0. The van der Waals surface area contributed by atoms with E-state index in [0.717, 1.165) is 17.4 Å². The van der Waals surface area contributed by atoms with Gasteiger partial charge in [0.1, 0.15) is 0 Å². The smallest absolute Gasteiger partial charge is 0.0543 e. The van der Waals surface area contributed by atoms with Crippen LogP contribution in [-0.4, -0.2) is 15.8 Å². The van der Waals surface area contributed by atoms with Gasteiger partial charge >= 0.3 is 0 Å². The van der Waals surface area contributed by atoms with Crippen molar-refractivity contribution in [2.45, 2.75) is 52.2 Å². The van der Waals surface area contributed by atoms with Crippen LogP contribution in [0.2, 0.25) is 0 Å². The van der Waals surface area contributed by atoms with Crippen molar-refractivity contribution in [1.29, 1.82) is 0 Å². The zero-order chi connectivity index (χ0) is 15.5. The van der Waals surface area contributed by atoms with Crippen molar-refractivity contribution in [3.8, 4) is 0 Å². The van der Waals surface area contributed by atoms with Gasteiger partial charge in [0.05, 0.1) is 11.7 Å². The molecule has 2 aromatic rings. The molecule has 4 heteroatoms.